The highest BCUT2D eigenvalue weighted by Crippen LogP contribution is 2.17. The number of nitrogens with zero attached hydrogens (tertiary/aromatic N) is 4. The van der Waals surface area contributed by atoms with Gasteiger partial charge in [0, 0.05) is 24.9 Å². The van der Waals surface area contributed by atoms with Crippen LogP contribution in [0.4, 0.5) is 0 Å². The molecule has 0 radical (unpaired) electrons. The van der Waals surface area contributed by atoms with Gasteiger partial charge in [0.2, 0.25) is 0 Å². The van der Waals surface area contributed by atoms with Crippen molar-refractivity contribution in [3.8, 4) is 0 Å². The first kappa shape index (κ1) is 14.6. The van der Waals surface area contributed by atoms with E-state index in [0.717, 1.165) is 23.6 Å². The van der Waals surface area contributed by atoms with Gasteiger partial charge in [0.05, 0.1) is 6.04 Å². The van der Waals surface area contributed by atoms with Crippen molar-refractivity contribution >= 4 is 0 Å². The van der Waals surface area contributed by atoms with Crippen LogP contribution < -0.4 is 11.3 Å². The second-order valence-electron chi connectivity index (χ2n) is 5.41. The van der Waals surface area contributed by atoms with Gasteiger partial charge >= 0.3 is 0 Å². The fourth-order valence-electron chi connectivity index (χ4n) is 2.18. The van der Waals surface area contributed by atoms with Crippen LogP contribution in [-0.4, -0.2) is 19.7 Å². The standard InChI is InChI=1S/C14H22N6/c1-10(2)8-20-14(17-9-18-20)7-13(19-15)12-4-5-16-11(3)6-12/h4-6,9-10,13,19H,7-8,15H2,1-3H3. The summed E-state index contributed by atoms with van der Waals surface area (Å²) >= 11 is 0. The Morgan fingerprint density at radius 1 is 1.35 bits per heavy atom. The van der Waals surface area contributed by atoms with Gasteiger partial charge in [0.1, 0.15) is 12.2 Å². The molecule has 1 unspecified atom stereocenters. The lowest BCUT2D eigenvalue weighted by molar-refractivity contribution is 0.446. The molecule has 6 nitrogen and oxygen atoms in total. The molecular weight excluding hydrogens is 252 g/mol. The van der Waals surface area contributed by atoms with Crippen LogP contribution in [0, 0.1) is 12.8 Å². The Labute approximate surface area is 119 Å². The number of nitrogens with two attached hydrogens (primary N) is 1. The second kappa shape index (κ2) is 6.58. The van der Waals surface area contributed by atoms with Crippen molar-refractivity contribution in [3.63, 3.8) is 0 Å². The van der Waals surface area contributed by atoms with E-state index in [1.165, 1.54) is 0 Å². The zero-order valence-corrected chi connectivity index (χ0v) is 12.2. The molecule has 0 aliphatic heterocycles. The Bertz CT molecular complexity index is 548. The topological polar surface area (TPSA) is 81.7 Å². The van der Waals surface area contributed by atoms with Crippen LogP contribution in [0.15, 0.2) is 24.7 Å². The normalized spacial score (nSPS) is 12.8. The molecule has 2 aromatic heterocycles. The Balaban J connectivity index is 2.16. The van der Waals surface area contributed by atoms with Gasteiger partial charge in [-0.3, -0.25) is 16.3 Å². The lowest BCUT2D eigenvalue weighted by atomic mass is 10.0. The average Bonchev–Trinajstić information content (AvgIpc) is 2.82. The lowest BCUT2D eigenvalue weighted by Gasteiger charge is -2.17. The lowest BCUT2D eigenvalue weighted by Crippen LogP contribution is -2.30. The third-order valence-corrected chi connectivity index (χ3v) is 3.14. The zero-order valence-electron chi connectivity index (χ0n) is 12.2. The SMILES string of the molecule is Cc1cc(C(Cc2ncnn2CC(C)C)NN)ccn1. The largest absolute Gasteiger partial charge is 0.271 e. The average molecular weight is 274 g/mol. The number of hydrogen-bond acceptors (Lipinski definition) is 5. The predicted octanol–water partition coefficient (Wildman–Crippen LogP) is 1.38. The molecule has 0 saturated heterocycles. The number of pyridine rings is 1. The number of rotatable bonds is 6. The smallest absolute Gasteiger partial charge is 0.138 e. The molecule has 0 aliphatic rings. The Kier molecular flexibility index (Phi) is 4.81. The van der Waals surface area contributed by atoms with E-state index < -0.39 is 0 Å². The maximum Gasteiger partial charge on any atom is 0.138 e. The van der Waals surface area contributed by atoms with Crippen LogP contribution in [0.25, 0.3) is 0 Å². The number of aromatic nitrogens is 4. The van der Waals surface area contributed by atoms with Crippen LogP contribution >= 0.6 is 0 Å². The molecule has 2 rings (SSSR count). The summed E-state index contributed by atoms with van der Waals surface area (Å²) in [6.45, 7) is 7.16. The predicted molar refractivity (Wildman–Crippen MR) is 77.6 cm³/mol. The van der Waals surface area contributed by atoms with E-state index in [0.29, 0.717) is 12.3 Å². The molecule has 0 aromatic carbocycles. The molecule has 0 spiro atoms. The van der Waals surface area contributed by atoms with Crippen molar-refractivity contribution in [2.75, 3.05) is 0 Å². The van der Waals surface area contributed by atoms with Crippen molar-refractivity contribution in [2.45, 2.75) is 39.8 Å². The summed E-state index contributed by atoms with van der Waals surface area (Å²) in [6, 6.07) is 4.01. The fraction of sp³-hybridized carbons (Fsp3) is 0.500. The number of nitrogens with one attached hydrogen (secondary N) is 1. The van der Waals surface area contributed by atoms with Crippen LogP contribution in [0.2, 0.25) is 0 Å². The van der Waals surface area contributed by atoms with E-state index in [4.69, 9.17) is 5.84 Å². The highest BCUT2D eigenvalue weighted by molar-refractivity contribution is 5.20. The molecule has 2 aromatic rings. The summed E-state index contributed by atoms with van der Waals surface area (Å²) in [6.07, 6.45) is 4.10. The summed E-state index contributed by atoms with van der Waals surface area (Å²) < 4.78 is 1.95. The number of hydrogen-bond donors (Lipinski definition) is 2. The van der Waals surface area contributed by atoms with Crippen LogP contribution in [-0.2, 0) is 13.0 Å². The third-order valence-electron chi connectivity index (χ3n) is 3.14. The molecular formula is C14H22N6. The minimum atomic E-state index is 0.00631. The molecule has 6 heteroatoms. The monoisotopic (exact) mass is 274 g/mol. The minimum absolute atomic E-state index is 0.00631. The maximum atomic E-state index is 5.69. The Morgan fingerprint density at radius 3 is 2.80 bits per heavy atom. The van der Waals surface area contributed by atoms with Gasteiger partial charge in [0.15, 0.2) is 0 Å². The maximum absolute atomic E-state index is 5.69. The fourth-order valence-corrected chi connectivity index (χ4v) is 2.18. The summed E-state index contributed by atoms with van der Waals surface area (Å²) in [5, 5.41) is 4.28. The van der Waals surface area contributed by atoms with E-state index >= 15 is 0 Å². The zero-order chi connectivity index (χ0) is 14.5. The van der Waals surface area contributed by atoms with Gasteiger partial charge in [-0.2, -0.15) is 5.10 Å². The highest BCUT2D eigenvalue weighted by atomic mass is 15.3. The van der Waals surface area contributed by atoms with Gasteiger partial charge in [0.25, 0.3) is 0 Å². The quantitative estimate of drug-likeness (QED) is 0.614. The second-order valence-corrected chi connectivity index (χ2v) is 5.41. The van der Waals surface area contributed by atoms with Crippen molar-refractivity contribution in [1.82, 2.24) is 25.2 Å². The molecule has 0 aliphatic carbocycles. The van der Waals surface area contributed by atoms with Gasteiger partial charge in [-0.25, -0.2) is 9.67 Å². The third kappa shape index (κ3) is 3.61. The first-order chi connectivity index (χ1) is 9.60. The molecule has 0 bridgehead atoms. The molecule has 108 valence electrons. The summed E-state index contributed by atoms with van der Waals surface area (Å²) in [4.78, 5) is 8.55. The van der Waals surface area contributed by atoms with Crippen molar-refractivity contribution < 1.29 is 0 Å². The van der Waals surface area contributed by atoms with Gasteiger partial charge < -0.3 is 0 Å². The van der Waals surface area contributed by atoms with E-state index in [2.05, 4.69) is 34.3 Å². The van der Waals surface area contributed by atoms with Crippen molar-refractivity contribution in [1.29, 1.82) is 0 Å². The van der Waals surface area contributed by atoms with Crippen molar-refractivity contribution in [3.05, 3.63) is 41.7 Å². The van der Waals surface area contributed by atoms with Crippen molar-refractivity contribution in [2.24, 2.45) is 11.8 Å². The summed E-state index contributed by atoms with van der Waals surface area (Å²) in [5.41, 5.74) is 4.94. The first-order valence-corrected chi connectivity index (χ1v) is 6.85. The molecule has 0 amide bonds. The first-order valence-electron chi connectivity index (χ1n) is 6.85. The molecule has 1 atom stereocenters. The molecule has 0 fully saturated rings. The molecule has 3 N–H and O–H groups in total. The summed E-state index contributed by atoms with van der Waals surface area (Å²) in [7, 11) is 0. The number of aryl methyl sites for hydroxylation is 1. The molecule has 0 saturated carbocycles. The van der Waals surface area contributed by atoms with E-state index in [1.54, 1.807) is 12.5 Å². The Morgan fingerprint density at radius 2 is 2.15 bits per heavy atom. The highest BCUT2D eigenvalue weighted by Gasteiger charge is 2.15. The molecule has 20 heavy (non-hydrogen) atoms. The van der Waals surface area contributed by atoms with Gasteiger partial charge in [-0.1, -0.05) is 13.8 Å². The van der Waals surface area contributed by atoms with Crippen LogP contribution in [0.1, 0.15) is 37.0 Å². The summed E-state index contributed by atoms with van der Waals surface area (Å²) in [5.74, 6) is 7.17. The van der Waals surface area contributed by atoms with Crippen LogP contribution in [0.3, 0.4) is 0 Å². The number of hydrazine groups is 1. The Hall–Kier alpha value is -1.79. The van der Waals surface area contributed by atoms with Gasteiger partial charge in [-0.05, 0) is 30.5 Å². The molecule has 2 heterocycles. The van der Waals surface area contributed by atoms with Crippen LogP contribution in [0.5, 0.6) is 0 Å². The van der Waals surface area contributed by atoms with E-state index in [-0.39, 0.29) is 6.04 Å². The van der Waals surface area contributed by atoms with E-state index in [1.807, 2.05) is 23.7 Å². The van der Waals surface area contributed by atoms with Gasteiger partial charge in [-0.15, -0.1) is 0 Å². The minimum Gasteiger partial charge on any atom is -0.271 e. The van der Waals surface area contributed by atoms with E-state index in [9.17, 15) is 0 Å².